The van der Waals surface area contributed by atoms with E-state index in [1.807, 2.05) is 31.2 Å². The molecule has 3 saturated carbocycles. The lowest BCUT2D eigenvalue weighted by Crippen LogP contribution is -2.60. The van der Waals surface area contributed by atoms with E-state index in [4.69, 9.17) is 0 Å². The van der Waals surface area contributed by atoms with Gasteiger partial charge in [0.25, 0.3) is 5.91 Å². The zero-order valence-corrected chi connectivity index (χ0v) is 19.7. The van der Waals surface area contributed by atoms with Gasteiger partial charge in [0.2, 0.25) is 5.91 Å². The number of nitrogens with zero attached hydrogens (tertiary/aromatic N) is 1. The first-order valence-electron chi connectivity index (χ1n) is 12.2. The topological polar surface area (TPSA) is 49.4 Å². The van der Waals surface area contributed by atoms with Gasteiger partial charge in [0.15, 0.2) is 5.83 Å². The van der Waals surface area contributed by atoms with Crippen molar-refractivity contribution in [3.63, 3.8) is 0 Å². The van der Waals surface area contributed by atoms with Crippen LogP contribution in [0.5, 0.6) is 0 Å². The van der Waals surface area contributed by atoms with Crippen molar-refractivity contribution in [1.29, 1.82) is 0 Å². The highest BCUT2D eigenvalue weighted by atomic mass is 19.1. The van der Waals surface area contributed by atoms with Gasteiger partial charge >= 0.3 is 0 Å². The minimum Gasteiger partial charge on any atom is -0.336 e. The normalized spacial score (nSPS) is 40.8. The predicted octanol–water partition coefficient (Wildman–Crippen LogP) is 5.49. The number of hydrogen-bond donors (Lipinski definition) is 1. The molecule has 1 heterocycles. The van der Waals surface area contributed by atoms with Crippen molar-refractivity contribution in [2.24, 2.45) is 34.5 Å². The van der Waals surface area contributed by atoms with Crippen LogP contribution in [0.2, 0.25) is 0 Å². The predicted molar refractivity (Wildman–Crippen MR) is 123 cm³/mol. The fraction of sp³-hybridized carbons (Fsp3) is 0.630. The van der Waals surface area contributed by atoms with E-state index in [0.717, 1.165) is 49.8 Å². The summed E-state index contributed by atoms with van der Waals surface area (Å²) in [6.07, 6.45) is 7.58. The Morgan fingerprint density at radius 3 is 2.59 bits per heavy atom. The third-order valence-electron chi connectivity index (χ3n) is 9.88. The summed E-state index contributed by atoms with van der Waals surface area (Å²) in [6.45, 7) is 6.51. The Balaban J connectivity index is 1.40. The number of aryl methyl sites for hydroxylation is 1. The Kier molecular flexibility index (Phi) is 5.03. The molecule has 1 aromatic carbocycles. The second-order valence-electron chi connectivity index (χ2n) is 11.2. The number of para-hydroxylation sites is 1. The Labute approximate surface area is 190 Å². The molecular weight excluding hydrogens is 403 g/mol. The molecule has 5 rings (SSSR count). The van der Waals surface area contributed by atoms with E-state index in [9.17, 15) is 14.0 Å². The number of anilines is 1. The highest BCUT2D eigenvalue weighted by Gasteiger charge is 2.62. The van der Waals surface area contributed by atoms with Gasteiger partial charge in [-0.2, -0.15) is 0 Å². The largest absolute Gasteiger partial charge is 0.336 e. The molecule has 0 bridgehead atoms. The molecule has 32 heavy (non-hydrogen) atoms. The smallest absolute Gasteiger partial charge is 0.282 e. The number of benzene rings is 1. The fourth-order valence-corrected chi connectivity index (χ4v) is 8.19. The summed E-state index contributed by atoms with van der Waals surface area (Å²) >= 11 is 0. The summed E-state index contributed by atoms with van der Waals surface area (Å²) in [6, 6.07) is 8.02. The molecule has 4 nitrogen and oxygen atoms in total. The van der Waals surface area contributed by atoms with Crippen molar-refractivity contribution in [3.8, 4) is 0 Å². The number of nitrogens with one attached hydrogen (secondary N) is 1. The summed E-state index contributed by atoms with van der Waals surface area (Å²) in [7, 11) is 1.76. The maximum Gasteiger partial charge on any atom is 0.282 e. The van der Waals surface area contributed by atoms with Crippen molar-refractivity contribution in [2.45, 2.75) is 65.3 Å². The van der Waals surface area contributed by atoms with Crippen molar-refractivity contribution in [3.05, 3.63) is 41.7 Å². The average molecular weight is 439 g/mol. The van der Waals surface area contributed by atoms with E-state index < -0.39 is 11.7 Å². The number of hydrogen-bond acceptors (Lipinski definition) is 2. The molecule has 4 aliphatic rings. The van der Waals surface area contributed by atoms with Crippen molar-refractivity contribution in [1.82, 2.24) is 4.90 Å². The lowest BCUT2D eigenvalue weighted by atomic mass is 9.47. The fourth-order valence-electron chi connectivity index (χ4n) is 8.19. The summed E-state index contributed by atoms with van der Waals surface area (Å²) in [4.78, 5) is 27.3. The molecule has 0 radical (unpaired) electrons. The maximum absolute atomic E-state index is 14.6. The molecule has 2 unspecified atom stereocenters. The number of carbonyl (C=O) groups is 2. The molecular formula is C27H35FN2O2. The van der Waals surface area contributed by atoms with Crippen molar-refractivity contribution < 1.29 is 14.0 Å². The number of likely N-dealkylation sites (N-methyl/N-ethyl adjacent to an activating group) is 1. The first-order chi connectivity index (χ1) is 15.2. The molecule has 1 N–H and O–H groups in total. The highest BCUT2D eigenvalue weighted by molar-refractivity contribution is 5.94. The van der Waals surface area contributed by atoms with E-state index in [1.165, 1.54) is 0 Å². The zero-order chi connectivity index (χ0) is 22.8. The van der Waals surface area contributed by atoms with Gasteiger partial charge < -0.3 is 10.2 Å². The molecule has 3 aliphatic carbocycles. The lowest BCUT2D eigenvalue weighted by molar-refractivity contribution is -0.144. The van der Waals surface area contributed by atoms with Crippen molar-refractivity contribution in [2.75, 3.05) is 12.4 Å². The first-order valence-corrected chi connectivity index (χ1v) is 12.2. The molecule has 0 aromatic heterocycles. The Morgan fingerprint density at radius 2 is 1.84 bits per heavy atom. The van der Waals surface area contributed by atoms with E-state index in [2.05, 4.69) is 19.2 Å². The van der Waals surface area contributed by atoms with Crippen LogP contribution >= 0.6 is 0 Å². The van der Waals surface area contributed by atoms with Crippen LogP contribution in [0.15, 0.2) is 36.2 Å². The number of rotatable bonds is 2. The van der Waals surface area contributed by atoms with Crippen molar-refractivity contribution >= 4 is 17.5 Å². The second kappa shape index (κ2) is 7.43. The van der Waals surface area contributed by atoms with Gasteiger partial charge in [-0.3, -0.25) is 9.59 Å². The molecule has 7 atom stereocenters. The summed E-state index contributed by atoms with van der Waals surface area (Å²) in [5, 5.41) is 3.21. The van der Waals surface area contributed by atoms with Gasteiger partial charge in [-0.25, -0.2) is 4.39 Å². The molecule has 0 saturated heterocycles. The first kappa shape index (κ1) is 21.7. The molecule has 2 amide bonds. The number of amides is 2. The SMILES string of the molecule is Cc1ccccc1NC(=O)[C@H]1CC[C@H]2C3CC[C@H]4N(C)C(=O)C(F)=C[C@]4(C)C3CC[C@]12C. The molecule has 1 aliphatic heterocycles. The minimum atomic E-state index is -0.595. The Hall–Kier alpha value is -2.17. The van der Waals surface area contributed by atoms with Gasteiger partial charge in [-0.15, -0.1) is 0 Å². The molecule has 172 valence electrons. The van der Waals surface area contributed by atoms with E-state index >= 15 is 0 Å². The lowest BCUT2D eigenvalue weighted by Gasteiger charge is -2.60. The van der Waals surface area contributed by atoms with E-state index in [0.29, 0.717) is 17.8 Å². The standard InChI is InChI=1S/C27H35FN2O2/c1-16-7-5-6-8-22(16)29-24(31)20-11-10-18-17-9-12-23-27(3,15-21(28)25(32)30(23)4)19(17)13-14-26(18,20)2/h5-8,15,17-20,23H,9-14H2,1-4H3,(H,29,31)/t17?,18-,19?,20+,23+,26-,27+/m0/s1. The van der Waals surface area contributed by atoms with Gasteiger partial charge in [0.1, 0.15) is 0 Å². The third kappa shape index (κ3) is 2.99. The molecule has 3 fully saturated rings. The van der Waals surface area contributed by atoms with Gasteiger partial charge in [0, 0.05) is 30.1 Å². The van der Waals surface area contributed by atoms with Crippen LogP contribution in [0.25, 0.3) is 0 Å². The minimum absolute atomic E-state index is 0.0153. The highest BCUT2D eigenvalue weighted by Crippen LogP contribution is 2.65. The van der Waals surface area contributed by atoms with Crippen LogP contribution in [0.1, 0.15) is 57.9 Å². The summed E-state index contributed by atoms with van der Waals surface area (Å²) in [5.41, 5.74) is 1.65. The molecule has 5 heteroatoms. The Bertz CT molecular complexity index is 990. The van der Waals surface area contributed by atoms with Crippen LogP contribution in [-0.2, 0) is 9.59 Å². The van der Waals surface area contributed by atoms with Crippen LogP contribution < -0.4 is 5.32 Å². The van der Waals surface area contributed by atoms with E-state index in [1.54, 1.807) is 18.0 Å². The Morgan fingerprint density at radius 1 is 1.09 bits per heavy atom. The second-order valence-corrected chi connectivity index (χ2v) is 11.2. The maximum atomic E-state index is 14.6. The molecule has 0 spiro atoms. The third-order valence-corrected chi connectivity index (χ3v) is 9.88. The quantitative estimate of drug-likeness (QED) is 0.664. The van der Waals surface area contributed by atoms with Gasteiger partial charge in [0.05, 0.1) is 0 Å². The van der Waals surface area contributed by atoms with E-state index in [-0.39, 0.29) is 28.7 Å². The van der Waals surface area contributed by atoms with Gasteiger partial charge in [-0.05, 0) is 86.3 Å². The number of fused-ring (bicyclic) bond motifs is 5. The zero-order valence-electron chi connectivity index (χ0n) is 19.7. The van der Waals surface area contributed by atoms with Crippen LogP contribution in [-0.4, -0.2) is 29.8 Å². The number of carbonyl (C=O) groups excluding carboxylic acids is 2. The average Bonchev–Trinajstić information content (AvgIpc) is 3.11. The van der Waals surface area contributed by atoms with Crippen LogP contribution in [0, 0.1) is 41.4 Å². The summed E-state index contributed by atoms with van der Waals surface area (Å²) < 4.78 is 14.6. The van der Waals surface area contributed by atoms with Crippen LogP contribution in [0.3, 0.4) is 0 Å². The van der Waals surface area contributed by atoms with Crippen LogP contribution in [0.4, 0.5) is 10.1 Å². The monoisotopic (exact) mass is 438 g/mol. The van der Waals surface area contributed by atoms with Gasteiger partial charge in [-0.1, -0.05) is 32.0 Å². The number of halogens is 1. The summed E-state index contributed by atoms with van der Waals surface area (Å²) in [5.74, 6) is 0.419. The molecule has 1 aromatic rings.